The summed E-state index contributed by atoms with van der Waals surface area (Å²) in [6, 6.07) is 0. The molecule has 1 unspecified atom stereocenters. The molecule has 0 amide bonds. The van der Waals surface area contributed by atoms with Crippen molar-refractivity contribution in [1.29, 1.82) is 0 Å². The lowest BCUT2D eigenvalue weighted by atomic mass is 10.2. The van der Waals surface area contributed by atoms with E-state index < -0.39 is 11.9 Å². The monoisotopic (exact) mass is 130 g/mol. The first kappa shape index (κ1) is 8.01. The molecule has 3 nitrogen and oxygen atoms in total. The summed E-state index contributed by atoms with van der Waals surface area (Å²) in [6.07, 6.45) is 2.83. The van der Waals surface area contributed by atoms with Crippen LogP contribution in [0.4, 0.5) is 0 Å². The van der Waals surface area contributed by atoms with Gasteiger partial charge in [0.15, 0.2) is 0 Å². The molecule has 0 saturated heterocycles. The fourth-order valence-electron chi connectivity index (χ4n) is 0.279. The van der Waals surface area contributed by atoms with E-state index in [4.69, 9.17) is 5.11 Å². The van der Waals surface area contributed by atoms with Crippen LogP contribution in [-0.4, -0.2) is 18.2 Å². The molecule has 9 heavy (non-hydrogen) atoms. The van der Waals surface area contributed by atoms with Crippen LogP contribution in [0.25, 0.3) is 0 Å². The van der Waals surface area contributed by atoms with Crippen molar-refractivity contribution in [2.45, 2.75) is 6.92 Å². The van der Waals surface area contributed by atoms with E-state index in [0.717, 1.165) is 0 Å². The molecule has 0 aromatic carbocycles. The van der Waals surface area contributed by atoms with Crippen LogP contribution < -0.4 is 0 Å². The number of hydrogen-bond acceptors (Lipinski definition) is 2. The van der Waals surface area contributed by atoms with E-state index in [-0.39, 0.29) is 0 Å². The van der Waals surface area contributed by atoms with Gasteiger partial charge in [-0.3, -0.25) is 4.79 Å². The standard InChI is InChI=1S/C6H10O3/c1-5(6(7)8)3-4-9-2/h3-5H,1-2H3,(H,7,8)/b4-3-. The van der Waals surface area contributed by atoms with Gasteiger partial charge in [-0.25, -0.2) is 0 Å². The van der Waals surface area contributed by atoms with Crippen molar-refractivity contribution in [2.24, 2.45) is 5.92 Å². The Balaban J connectivity index is 3.62. The molecule has 0 spiro atoms. The highest BCUT2D eigenvalue weighted by molar-refractivity contribution is 5.71. The lowest BCUT2D eigenvalue weighted by Gasteiger charge is -1.95. The predicted molar refractivity (Wildman–Crippen MR) is 32.9 cm³/mol. The first-order chi connectivity index (χ1) is 4.18. The highest BCUT2D eigenvalue weighted by Gasteiger charge is 2.04. The maximum atomic E-state index is 10.1. The number of ether oxygens (including phenoxy) is 1. The highest BCUT2D eigenvalue weighted by Crippen LogP contribution is 1.95. The summed E-state index contributed by atoms with van der Waals surface area (Å²) in [4.78, 5) is 10.1. The third-order valence-electron chi connectivity index (χ3n) is 0.893. The van der Waals surface area contributed by atoms with Crippen molar-refractivity contribution < 1.29 is 14.6 Å². The van der Waals surface area contributed by atoms with Crippen molar-refractivity contribution in [2.75, 3.05) is 7.11 Å². The summed E-state index contributed by atoms with van der Waals surface area (Å²) < 4.78 is 4.52. The minimum absolute atomic E-state index is 0.468. The number of hydrogen-bond donors (Lipinski definition) is 1. The minimum atomic E-state index is -0.844. The van der Waals surface area contributed by atoms with E-state index in [1.165, 1.54) is 19.4 Å². The summed E-state index contributed by atoms with van der Waals surface area (Å²) in [5.74, 6) is -1.31. The third kappa shape index (κ3) is 3.58. The maximum Gasteiger partial charge on any atom is 0.310 e. The molecule has 52 valence electrons. The molecule has 0 aliphatic heterocycles. The Labute approximate surface area is 53.9 Å². The van der Waals surface area contributed by atoms with Crippen molar-refractivity contribution in [3.63, 3.8) is 0 Å². The average Bonchev–Trinajstić information content (AvgIpc) is 1.82. The number of carboxylic acids is 1. The van der Waals surface area contributed by atoms with Gasteiger partial charge in [-0.1, -0.05) is 0 Å². The number of methoxy groups -OCH3 is 1. The quantitative estimate of drug-likeness (QED) is 0.576. The zero-order valence-electron chi connectivity index (χ0n) is 5.50. The molecule has 1 atom stereocenters. The molecular weight excluding hydrogens is 120 g/mol. The second-order valence-electron chi connectivity index (χ2n) is 1.69. The van der Waals surface area contributed by atoms with Gasteiger partial charge < -0.3 is 9.84 Å². The third-order valence-corrected chi connectivity index (χ3v) is 0.893. The van der Waals surface area contributed by atoms with Gasteiger partial charge in [0.1, 0.15) is 0 Å². The van der Waals surface area contributed by atoms with Crippen LogP contribution in [0.2, 0.25) is 0 Å². The molecule has 0 aromatic rings. The molecule has 3 heteroatoms. The Bertz CT molecular complexity index is 117. The van der Waals surface area contributed by atoms with E-state index >= 15 is 0 Å². The van der Waals surface area contributed by atoms with Crippen molar-refractivity contribution in [3.8, 4) is 0 Å². The Kier molecular flexibility index (Phi) is 3.51. The number of rotatable bonds is 3. The van der Waals surface area contributed by atoms with E-state index in [9.17, 15) is 4.79 Å². The van der Waals surface area contributed by atoms with E-state index in [0.29, 0.717) is 0 Å². The second kappa shape index (κ2) is 3.95. The number of carboxylic acid groups (broad SMARTS) is 1. The van der Waals surface area contributed by atoms with Gasteiger partial charge in [-0.15, -0.1) is 0 Å². The van der Waals surface area contributed by atoms with E-state index in [1.807, 2.05) is 0 Å². The average molecular weight is 130 g/mol. The van der Waals surface area contributed by atoms with Gasteiger partial charge in [-0.05, 0) is 13.0 Å². The predicted octanol–water partition coefficient (Wildman–Crippen LogP) is 0.867. The lowest BCUT2D eigenvalue weighted by Crippen LogP contribution is -2.05. The topological polar surface area (TPSA) is 46.5 Å². The molecule has 0 bridgehead atoms. The summed E-state index contributed by atoms with van der Waals surface area (Å²) in [5.41, 5.74) is 0. The normalized spacial score (nSPS) is 13.6. The Morgan fingerprint density at radius 2 is 2.33 bits per heavy atom. The molecule has 0 aromatic heterocycles. The van der Waals surface area contributed by atoms with Gasteiger partial charge in [-0.2, -0.15) is 0 Å². The van der Waals surface area contributed by atoms with Gasteiger partial charge in [0.2, 0.25) is 0 Å². The lowest BCUT2D eigenvalue weighted by molar-refractivity contribution is -0.139. The molecule has 0 saturated carbocycles. The second-order valence-corrected chi connectivity index (χ2v) is 1.69. The first-order valence-corrected chi connectivity index (χ1v) is 2.60. The minimum Gasteiger partial charge on any atom is -0.505 e. The summed E-state index contributed by atoms with van der Waals surface area (Å²) in [7, 11) is 1.48. The van der Waals surface area contributed by atoms with Gasteiger partial charge in [0.05, 0.1) is 19.3 Å². The van der Waals surface area contributed by atoms with Crippen LogP contribution in [0.3, 0.4) is 0 Å². The van der Waals surface area contributed by atoms with Crippen molar-refractivity contribution in [3.05, 3.63) is 12.3 Å². The molecule has 0 heterocycles. The number of aliphatic carboxylic acids is 1. The molecule has 1 N–H and O–H groups in total. The van der Waals surface area contributed by atoms with Crippen LogP contribution >= 0.6 is 0 Å². The summed E-state index contributed by atoms with van der Waals surface area (Å²) in [5, 5.41) is 8.30. The van der Waals surface area contributed by atoms with Crippen molar-refractivity contribution in [1.82, 2.24) is 0 Å². The van der Waals surface area contributed by atoms with Crippen LogP contribution in [0.5, 0.6) is 0 Å². The largest absolute Gasteiger partial charge is 0.505 e. The van der Waals surface area contributed by atoms with E-state index in [2.05, 4.69) is 4.74 Å². The van der Waals surface area contributed by atoms with E-state index in [1.54, 1.807) is 6.92 Å². The SMILES string of the molecule is CO/C=C\C(C)C(=O)O. The smallest absolute Gasteiger partial charge is 0.310 e. The van der Waals surface area contributed by atoms with Crippen LogP contribution in [0.15, 0.2) is 12.3 Å². The van der Waals surface area contributed by atoms with Crippen LogP contribution in [0, 0.1) is 5.92 Å². The zero-order chi connectivity index (χ0) is 7.28. The molecular formula is C6H10O3. The van der Waals surface area contributed by atoms with Crippen LogP contribution in [-0.2, 0) is 9.53 Å². The fourth-order valence-corrected chi connectivity index (χ4v) is 0.279. The van der Waals surface area contributed by atoms with Gasteiger partial charge >= 0.3 is 5.97 Å². The van der Waals surface area contributed by atoms with Crippen molar-refractivity contribution >= 4 is 5.97 Å². The molecule has 0 fully saturated rings. The zero-order valence-corrected chi connectivity index (χ0v) is 5.50. The summed E-state index contributed by atoms with van der Waals surface area (Å²) in [6.45, 7) is 1.58. The van der Waals surface area contributed by atoms with Gasteiger partial charge in [0.25, 0.3) is 0 Å². The first-order valence-electron chi connectivity index (χ1n) is 2.60. The Morgan fingerprint density at radius 3 is 2.67 bits per heavy atom. The molecule has 0 aliphatic carbocycles. The Hall–Kier alpha value is -0.990. The summed E-state index contributed by atoms with van der Waals surface area (Å²) >= 11 is 0. The maximum absolute atomic E-state index is 10.1. The Morgan fingerprint density at radius 1 is 1.78 bits per heavy atom. The fraction of sp³-hybridized carbons (Fsp3) is 0.500. The molecule has 0 rings (SSSR count). The molecule has 0 radical (unpaired) electrons. The number of carbonyl (C=O) groups is 1. The van der Waals surface area contributed by atoms with Gasteiger partial charge in [0, 0.05) is 0 Å². The van der Waals surface area contributed by atoms with Crippen LogP contribution in [0.1, 0.15) is 6.92 Å². The molecule has 0 aliphatic rings. The highest BCUT2D eigenvalue weighted by atomic mass is 16.5.